The second-order valence-corrected chi connectivity index (χ2v) is 5.27. The first-order valence-electron chi connectivity index (χ1n) is 7.32. The predicted molar refractivity (Wildman–Crippen MR) is 75.9 cm³/mol. The summed E-state index contributed by atoms with van der Waals surface area (Å²) in [5.41, 5.74) is 2.79. The van der Waals surface area contributed by atoms with Crippen LogP contribution in [0.25, 0.3) is 0 Å². The van der Waals surface area contributed by atoms with E-state index in [1.807, 2.05) is 12.1 Å². The molecular weight excluding hydrogens is 222 g/mol. The lowest BCUT2D eigenvalue weighted by atomic mass is 9.86. The van der Waals surface area contributed by atoms with Crippen molar-refractivity contribution in [2.24, 2.45) is 0 Å². The Balaban J connectivity index is 2.21. The smallest absolute Gasteiger partial charge is 0.115 e. The Morgan fingerprint density at radius 2 is 2.17 bits per heavy atom. The first-order chi connectivity index (χ1) is 8.76. The Hall–Kier alpha value is -1.02. The van der Waals surface area contributed by atoms with E-state index in [1.165, 1.54) is 43.4 Å². The van der Waals surface area contributed by atoms with Crippen molar-refractivity contribution in [1.82, 2.24) is 4.90 Å². The van der Waals surface area contributed by atoms with Crippen LogP contribution < -0.4 is 0 Å². The van der Waals surface area contributed by atoms with E-state index in [0.29, 0.717) is 11.8 Å². The lowest BCUT2D eigenvalue weighted by Crippen LogP contribution is -2.32. The van der Waals surface area contributed by atoms with Gasteiger partial charge in [-0.25, -0.2) is 0 Å². The number of rotatable bonds is 5. The van der Waals surface area contributed by atoms with Crippen molar-refractivity contribution in [3.05, 3.63) is 29.3 Å². The zero-order valence-corrected chi connectivity index (χ0v) is 11.7. The summed E-state index contributed by atoms with van der Waals surface area (Å²) < 4.78 is 0. The Labute approximate surface area is 111 Å². The third-order valence-corrected chi connectivity index (χ3v) is 4.06. The van der Waals surface area contributed by atoms with Gasteiger partial charge in [0, 0.05) is 6.04 Å². The molecule has 0 aliphatic heterocycles. The predicted octanol–water partition coefficient (Wildman–Crippen LogP) is 3.89. The van der Waals surface area contributed by atoms with Crippen LogP contribution in [0.15, 0.2) is 18.2 Å². The minimum absolute atomic E-state index is 0.409. The van der Waals surface area contributed by atoms with Crippen molar-refractivity contribution in [3.8, 4) is 5.75 Å². The van der Waals surface area contributed by atoms with Crippen LogP contribution in [0.5, 0.6) is 5.75 Å². The van der Waals surface area contributed by atoms with E-state index in [9.17, 15) is 5.11 Å². The molecule has 0 saturated carbocycles. The number of fused-ring (bicyclic) bond motifs is 1. The fraction of sp³-hybridized carbons (Fsp3) is 0.625. The van der Waals surface area contributed by atoms with Crippen molar-refractivity contribution in [1.29, 1.82) is 0 Å². The summed E-state index contributed by atoms with van der Waals surface area (Å²) in [6.07, 6.45) is 6.17. The van der Waals surface area contributed by atoms with Gasteiger partial charge in [0.25, 0.3) is 0 Å². The van der Waals surface area contributed by atoms with Gasteiger partial charge >= 0.3 is 0 Å². The summed E-state index contributed by atoms with van der Waals surface area (Å²) in [5.74, 6) is 0.409. The molecule has 1 aliphatic rings. The molecule has 1 aliphatic carbocycles. The van der Waals surface area contributed by atoms with Gasteiger partial charge in [0.15, 0.2) is 0 Å². The minimum Gasteiger partial charge on any atom is -0.508 e. The highest BCUT2D eigenvalue weighted by molar-refractivity contribution is 5.38. The van der Waals surface area contributed by atoms with Gasteiger partial charge < -0.3 is 5.11 Å². The summed E-state index contributed by atoms with van der Waals surface area (Å²) in [5, 5.41) is 9.72. The number of aromatic hydroxyl groups is 1. The summed E-state index contributed by atoms with van der Waals surface area (Å²) in [4.78, 5) is 2.57. The van der Waals surface area contributed by atoms with E-state index in [4.69, 9.17) is 0 Å². The topological polar surface area (TPSA) is 23.5 Å². The normalized spacial score (nSPS) is 18.9. The molecule has 2 heteroatoms. The number of unbranched alkanes of at least 4 members (excludes halogenated alkanes) is 1. The maximum absolute atomic E-state index is 9.72. The third-order valence-electron chi connectivity index (χ3n) is 4.06. The summed E-state index contributed by atoms with van der Waals surface area (Å²) in [6, 6.07) is 6.42. The molecule has 0 heterocycles. The number of benzene rings is 1. The van der Waals surface area contributed by atoms with Crippen LogP contribution in [0, 0.1) is 0 Å². The van der Waals surface area contributed by atoms with Crippen LogP contribution in [0.2, 0.25) is 0 Å². The Bertz CT molecular complexity index is 389. The maximum atomic E-state index is 9.72. The summed E-state index contributed by atoms with van der Waals surface area (Å²) in [7, 11) is 0. The third kappa shape index (κ3) is 2.86. The quantitative estimate of drug-likeness (QED) is 0.853. The van der Waals surface area contributed by atoms with Gasteiger partial charge in [0.05, 0.1) is 0 Å². The molecule has 0 spiro atoms. The molecule has 100 valence electrons. The zero-order valence-electron chi connectivity index (χ0n) is 11.7. The molecule has 2 nitrogen and oxygen atoms in total. The fourth-order valence-corrected chi connectivity index (χ4v) is 3.04. The molecule has 1 aromatic carbocycles. The average molecular weight is 247 g/mol. The average Bonchev–Trinajstić information content (AvgIpc) is 2.40. The van der Waals surface area contributed by atoms with E-state index in [-0.39, 0.29) is 0 Å². The van der Waals surface area contributed by atoms with E-state index < -0.39 is 0 Å². The molecule has 0 radical (unpaired) electrons. The number of hydrogen-bond donors (Lipinski definition) is 1. The zero-order chi connectivity index (χ0) is 13.0. The molecule has 18 heavy (non-hydrogen) atoms. The summed E-state index contributed by atoms with van der Waals surface area (Å²) in [6.45, 7) is 6.76. The highest BCUT2D eigenvalue weighted by Crippen LogP contribution is 2.36. The molecule has 2 rings (SSSR count). The first kappa shape index (κ1) is 13.4. The van der Waals surface area contributed by atoms with Gasteiger partial charge in [-0.1, -0.05) is 26.3 Å². The lowest BCUT2D eigenvalue weighted by Gasteiger charge is -2.35. The van der Waals surface area contributed by atoms with Crippen molar-refractivity contribution in [2.75, 3.05) is 13.1 Å². The summed E-state index contributed by atoms with van der Waals surface area (Å²) >= 11 is 0. The molecule has 0 saturated heterocycles. The van der Waals surface area contributed by atoms with Gasteiger partial charge in [0.1, 0.15) is 5.75 Å². The van der Waals surface area contributed by atoms with Crippen LogP contribution >= 0.6 is 0 Å². The number of aryl methyl sites for hydroxylation is 1. The van der Waals surface area contributed by atoms with Crippen molar-refractivity contribution in [2.45, 2.75) is 52.0 Å². The van der Waals surface area contributed by atoms with Gasteiger partial charge in [-0.2, -0.15) is 0 Å². The highest BCUT2D eigenvalue weighted by Gasteiger charge is 2.24. The van der Waals surface area contributed by atoms with Crippen LogP contribution in [0.3, 0.4) is 0 Å². The maximum Gasteiger partial charge on any atom is 0.115 e. The largest absolute Gasteiger partial charge is 0.508 e. The van der Waals surface area contributed by atoms with Crippen LogP contribution in [0.1, 0.15) is 56.7 Å². The minimum atomic E-state index is 0.409. The molecule has 1 N–H and O–H groups in total. The number of hydrogen-bond acceptors (Lipinski definition) is 2. The molecule has 0 bridgehead atoms. The highest BCUT2D eigenvalue weighted by atomic mass is 16.3. The molecule has 1 unspecified atom stereocenters. The van der Waals surface area contributed by atoms with Crippen LogP contribution in [0.4, 0.5) is 0 Å². The van der Waals surface area contributed by atoms with Crippen molar-refractivity contribution >= 4 is 0 Å². The van der Waals surface area contributed by atoms with E-state index in [0.717, 1.165) is 13.0 Å². The van der Waals surface area contributed by atoms with Gasteiger partial charge in [-0.05, 0) is 62.0 Å². The molecule has 0 amide bonds. The molecule has 0 aromatic heterocycles. The molecule has 1 aromatic rings. The number of phenolic OH excluding ortho intramolecular Hbond substituents is 1. The number of phenols is 1. The Morgan fingerprint density at radius 3 is 2.89 bits per heavy atom. The van der Waals surface area contributed by atoms with Crippen molar-refractivity contribution in [3.63, 3.8) is 0 Å². The van der Waals surface area contributed by atoms with Gasteiger partial charge in [-0.3, -0.25) is 4.90 Å². The van der Waals surface area contributed by atoms with E-state index in [1.54, 1.807) is 0 Å². The molecular formula is C16H25NO. The Kier molecular flexibility index (Phi) is 4.65. The SMILES string of the molecule is CCCCN(CC)C1CCCc2ccc(O)cc21. The van der Waals surface area contributed by atoms with E-state index >= 15 is 0 Å². The van der Waals surface area contributed by atoms with Crippen LogP contribution in [-0.2, 0) is 6.42 Å². The van der Waals surface area contributed by atoms with Gasteiger partial charge in [-0.15, -0.1) is 0 Å². The monoisotopic (exact) mass is 247 g/mol. The van der Waals surface area contributed by atoms with Crippen molar-refractivity contribution < 1.29 is 5.11 Å². The second kappa shape index (κ2) is 6.24. The lowest BCUT2D eigenvalue weighted by molar-refractivity contribution is 0.185. The van der Waals surface area contributed by atoms with Crippen LogP contribution in [-0.4, -0.2) is 23.1 Å². The Morgan fingerprint density at radius 1 is 1.33 bits per heavy atom. The molecule has 1 atom stereocenters. The first-order valence-corrected chi connectivity index (χ1v) is 7.32. The standard InChI is InChI=1S/C16H25NO/c1-3-5-11-17(4-2)16-8-6-7-13-9-10-14(18)12-15(13)16/h9-10,12,16,18H,3-8,11H2,1-2H3. The second-order valence-electron chi connectivity index (χ2n) is 5.27. The van der Waals surface area contributed by atoms with Gasteiger partial charge in [0.2, 0.25) is 0 Å². The molecule has 0 fully saturated rings. The van der Waals surface area contributed by atoms with E-state index in [2.05, 4.69) is 24.8 Å². The fourth-order valence-electron chi connectivity index (χ4n) is 3.04. The number of nitrogens with zero attached hydrogens (tertiary/aromatic N) is 1.